The quantitative estimate of drug-likeness (QED) is 0.869. The molecule has 19 heavy (non-hydrogen) atoms. The van der Waals surface area contributed by atoms with Crippen LogP contribution in [-0.2, 0) is 6.54 Å². The van der Waals surface area contributed by atoms with Gasteiger partial charge in [-0.25, -0.2) is 4.98 Å². The SMILES string of the molecule is CCNc1cc(N(C)Cc2scnc2C)nc(N)n1. The van der Waals surface area contributed by atoms with E-state index in [1.807, 2.05) is 37.4 Å². The number of hydrogen-bond donors (Lipinski definition) is 2. The molecule has 0 fully saturated rings. The van der Waals surface area contributed by atoms with E-state index in [0.717, 1.165) is 30.4 Å². The van der Waals surface area contributed by atoms with Crippen LogP contribution >= 0.6 is 11.3 Å². The highest BCUT2D eigenvalue weighted by Gasteiger charge is 2.10. The van der Waals surface area contributed by atoms with Crippen molar-refractivity contribution >= 4 is 28.9 Å². The van der Waals surface area contributed by atoms with Gasteiger partial charge in [0.25, 0.3) is 0 Å². The van der Waals surface area contributed by atoms with E-state index in [1.54, 1.807) is 11.3 Å². The Labute approximate surface area is 116 Å². The number of thiazole rings is 1. The molecule has 3 N–H and O–H groups in total. The predicted octanol–water partition coefficient (Wildman–Crippen LogP) is 1.89. The number of anilines is 3. The molecule has 102 valence electrons. The zero-order valence-electron chi connectivity index (χ0n) is 11.3. The molecule has 2 aromatic rings. The maximum absolute atomic E-state index is 5.73. The van der Waals surface area contributed by atoms with E-state index in [-0.39, 0.29) is 5.95 Å². The minimum Gasteiger partial charge on any atom is -0.370 e. The first-order chi connectivity index (χ1) is 9.10. The second kappa shape index (κ2) is 5.83. The summed E-state index contributed by atoms with van der Waals surface area (Å²) in [6, 6.07) is 1.90. The second-order valence-corrected chi connectivity index (χ2v) is 5.16. The van der Waals surface area contributed by atoms with Crippen LogP contribution in [0.15, 0.2) is 11.6 Å². The molecule has 0 amide bonds. The van der Waals surface area contributed by atoms with Gasteiger partial charge in [-0.15, -0.1) is 11.3 Å². The van der Waals surface area contributed by atoms with Gasteiger partial charge in [-0.1, -0.05) is 0 Å². The Kier molecular flexibility index (Phi) is 4.16. The lowest BCUT2D eigenvalue weighted by Gasteiger charge is -2.18. The second-order valence-electron chi connectivity index (χ2n) is 4.22. The lowest BCUT2D eigenvalue weighted by atomic mass is 10.3. The zero-order chi connectivity index (χ0) is 13.8. The lowest BCUT2D eigenvalue weighted by molar-refractivity contribution is 0.896. The van der Waals surface area contributed by atoms with E-state index in [1.165, 1.54) is 4.88 Å². The molecule has 0 saturated heterocycles. The first-order valence-electron chi connectivity index (χ1n) is 6.08. The Balaban J connectivity index is 2.18. The van der Waals surface area contributed by atoms with E-state index >= 15 is 0 Å². The maximum Gasteiger partial charge on any atom is 0.223 e. The monoisotopic (exact) mass is 278 g/mol. The van der Waals surface area contributed by atoms with Crippen molar-refractivity contribution in [1.29, 1.82) is 0 Å². The van der Waals surface area contributed by atoms with Crippen molar-refractivity contribution < 1.29 is 0 Å². The van der Waals surface area contributed by atoms with Crippen molar-refractivity contribution in [3.8, 4) is 0 Å². The van der Waals surface area contributed by atoms with Gasteiger partial charge in [-0.05, 0) is 13.8 Å². The summed E-state index contributed by atoms with van der Waals surface area (Å²) in [7, 11) is 1.98. The molecule has 2 aromatic heterocycles. The van der Waals surface area contributed by atoms with Crippen molar-refractivity contribution in [2.75, 3.05) is 29.5 Å². The summed E-state index contributed by atoms with van der Waals surface area (Å²) in [6.45, 7) is 5.59. The van der Waals surface area contributed by atoms with Crippen LogP contribution in [0.1, 0.15) is 17.5 Å². The molecule has 0 aliphatic heterocycles. The molecule has 0 aromatic carbocycles. The van der Waals surface area contributed by atoms with E-state index in [4.69, 9.17) is 5.73 Å². The molecule has 0 spiro atoms. The summed E-state index contributed by atoms with van der Waals surface area (Å²) in [6.07, 6.45) is 0. The molecule has 0 radical (unpaired) electrons. The fourth-order valence-corrected chi connectivity index (χ4v) is 2.52. The van der Waals surface area contributed by atoms with E-state index < -0.39 is 0 Å². The molecular formula is C12H18N6S. The fraction of sp³-hybridized carbons (Fsp3) is 0.417. The molecule has 0 unspecified atom stereocenters. The van der Waals surface area contributed by atoms with Gasteiger partial charge >= 0.3 is 0 Å². The molecule has 0 atom stereocenters. The van der Waals surface area contributed by atoms with Crippen LogP contribution in [0.2, 0.25) is 0 Å². The van der Waals surface area contributed by atoms with Gasteiger partial charge in [0, 0.05) is 24.5 Å². The zero-order valence-corrected chi connectivity index (χ0v) is 12.2. The highest BCUT2D eigenvalue weighted by molar-refractivity contribution is 7.09. The predicted molar refractivity (Wildman–Crippen MR) is 79.6 cm³/mol. The topological polar surface area (TPSA) is 80.0 Å². The molecule has 0 bridgehead atoms. The van der Waals surface area contributed by atoms with E-state index in [9.17, 15) is 0 Å². The minimum absolute atomic E-state index is 0.279. The van der Waals surface area contributed by atoms with Crippen LogP contribution in [0.3, 0.4) is 0 Å². The van der Waals surface area contributed by atoms with Gasteiger partial charge in [-0.3, -0.25) is 0 Å². The van der Waals surface area contributed by atoms with Gasteiger partial charge < -0.3 is 16.0 Å². The summed E-state index contributed by atoms with van der Waals surface area (Å²) in [5.74, 6) is 1.83. The smallest absolute Gasteiger partial charge is 0.223 e. The molecule has 2 heterocycles. The van der Waals surface area contributed by atoms with Crippen molar-refractivity contribution in [2.24, 2.45) is 0 Å². The number of aryl methyl sites for hydroxylation is 1. The summed E-state index contributed by atoms with van der Waals surface area (Å²) >= 11 is 1.65. The van der Waals surface area contributed by atoms with Gasteiger partial charge in [0.15, 0.2) is 0 Å². The summed E-state index contributed by atoms with van der Waals surface area (Å²) in [5.41, 5.74) is 8.65. The van der Waals surface area contributed by atoms with Gasteiger partial charge in [0.2, 0.25) is 5.95 Å². The Bertz CT molecular complexity index is 553. The normalized spacial score (nSPS) is 10.5. The third-order valence-electron chi connectivity index (χ3n) is 2.70. The highest BCUT2D eigenvalue weighted by atomic mass is 32.1. The number of nitrogens with zero attached hydrogens (tertiary/aromatic N) is 4. The molecule has 7 heteroatoms. The number of rotatable bonds is 5. The Morgan fingerprint density at radius 1 is 1.42 bits per heavy atom. The van der Waals surface area contributed by atoms with Crippen LogP contribution in [0, 0.1) is 6.92 Å². The fourth-order valence-electron chi connectivity index (χ4n) is 1.69. The van der Waals surface area contributed by atoms with Gasteiger partial charge in [-0.2, -0.15) is 9.97 Å². The van der Waals surface area contributed by atoms with Crippen molar-refractivity contribution in [3.63, 3.8) is 0 Å². The third-order valence-corrected chi connectivity index (χ3v) is 3.62. The first-order valence-corrected chi connectivity index (χ1v) is 6.96. The average molecular weight is 278 g/mol. The largest absolute Gasteiger partial charge is 0.370 e. The standard InChI is InChI=1S/C12H18N6S/c1-4-14-10-5-11(17-12(13)16-10)18(3)6-9-8(2)15-7-19-9/h5,7H,4,6H2,1-3H3,(H3,13,14,16,17). The summed E-state index contributed by atoms with van der Waals surface area (Å²) in [4.78, 5) is 15.9. The molecule has 0 saturated carbocycles. The molecule has 2 rings (SSSR count). The van der Waals surface area contributed by atoms with Crippen molar-refractivity contribution in [1.82, 2.24) is 15.0 Å². The van der Waals surface area contributed by atoms with Crippen molar-refractivity contribution in [3.05, 3.63) is 22.1 Å². The lowest BCUT2D eigenvalue weighted by Crippen LogP contribution is -2.19. The molecule has 0 aliphatic rings. The van der Waals surface area contributed by atoms with Crippen LogP contribution in [-0.4, -0.2) is 28.5 Å². The Morgan fingerprint density at radius 3 is 2.84 bits per heavy atom. The Hall–Kier alpha value is -1.89. The van der Waals surface area contributed by atoms with Gasteiger partial charge in [0.05, 0.1) is 17.7 Å². The first kappa shape index (κ1) is 13.5. The molecule has 6 nitrogen and oxygen atoms in total. The highest BCUT2D eigenvalue weighted by Crippen LogP contribution is 2.20. The number of aromatic nitrogens is 3. The summed E-state index contributed by atoms with van der Waals surface area (Å²) < 4.78 is 0. The van der Waals surface area contributed by atoms with Crippen LogP contribution in [0.25, 0.3) is 0 Å². The Morgan fingerprint density at radius 2 is 2.21 bits per heavy atom. The number of nitrogen functional groups attached to an aromatic ring is 1. The summed E-state index contributed by atoms with van der Waals surface area (Å²) in [5, 5.41) is 3.15. The minimum atomic E-state index is 0.279. The number of nitrogens with one attached hydrogen (secondary N) is 1. The van der Waals surface area contributed by atoms with Crippen molar-refractivity contribution in [2.45, 2.75) is 20.4 Å². The molecular weight excluding hydrogens is 260 g/mol. The average Bonchev–Trinajstić information content (AvgIpc) is 2.75. The van der Waals surface area contributed by atoms with Crippen LogP contribution in [0.5, 0.6) is 0 Å². The van der Waals surface area contributed by atoms with Gasteiger partial charge in [0.1, 0.15) is 11.6 Å². The number of nitrogens with two attached hydrogens (primary N) is 1. The van der Waals surface area contributed by atoms with Crippen LogP contribution < -0.4 is 16.0 Å². The molecule has 0 aliphatic carbocycles. The van der Waals surface area contributed by atoms with E-state index in [0.29, 0.717) is 0 Å². The van der Waals surface area contributed by atoms with E-state index in [2.05, 4.69) is 20.3 Å². The maximum atomic E-state index is 5.73. The van der Waals surface area contributed by atoms with Crippen LogP contribution in [0.4, 0.5) is 17.6 Å². The number of hydrogen-bond acceptors (Lipinski definition) is 7. The third kappa shape index (κ3) is 3.31.